The number of methoxy groups -OCH3 is 1. The lowest BCUT2D eigenvalue weighted by Crippen LogP contribution is -2.28. The van der Waals surface area contributed by atoms with Crippen LogP contribution >= 0.6 is 28.1 Å². The van der Waals surface area contributed by atoms with Crippen molar-refractivity contribution in [2.24, 2.45) is 0 Å². The molecule has 2 rings (SSSR count). The number of anilines is 1. The molecular weight excluding hydrogens is 336 g/mol. The molecule has 104 valence electrons. The molecule has 3 nitrogen and oxygen atoms in total. The second-order valence-electron chi connectivity index (χ2n) is 4.14. The Morgan fingerprint density at radius 1 is 1.20 bits per heavy atom. The van der Waals surface area contributed by atoms with Gasteiger partial charge in [-0.15, -0.1) is 0 Å². The molecule has 0 spiro atoms. The average molecular weight is 351 g/mol. The highest BCUT2D eigenvalue weighted by Crippen LogP contribution is 2.21. The molecule has 5 heteroatoms. The third-order valence-corrected chi connectivity index (χ3v) is 3.65. The summed E-state index contributed by atoms with van der Waals surface area (Å²) in [6.07, 6.45) is 0. The first-order valence-electron chi connectivity index (χ1n) is 6.11. The van der Waals surface area contributed by atoms with Gasteiger partial charge in [-0.3, -0.25) is 0 Å². The smallest absolute Gasteiger partial charge is 0.171 e. The molecule has 0 radical (unpaired) electrons. The lowest BCUT2D eigenvalue weighted by atomic mass is 10.2. The van der Waals surface area contributed by atoms with Gasteiger partial charge in [0.1, 0.15) is 5.75 Å². The molecule has 0 unspecified atom stereocenters. The van der Waals surface area contributed by atoms with Crippen LogP contribution in [0.5, 0.6) is 5.75 Å². The van der Waals surface area contributed by atoms with E-state index < -0.39 is 0 Å². The second kappa shape index (κ2) is 7.26. The molecule has 20 heavy (non-hydrogen) atoms. The van der Waals surface area contributed by atoms with E-state index in [2.05, 4.69) is 26.6 Å². The number of hydrogen-bond donors (Lipinski definition) is 2. The van der Waals surface area contributed by atoms with Crippen LogP contribution in [0.4, 0.5) is 5.69 Å². The lowest BCUT2D eigenvalue weighted by molar-refractivity contribution is 0.414. The summed E-state index contributed by atoms with van der Waals surface area (Å²) in [5.74, 6) is 0.842. The van der Waals surface area contributed by atoms with Crippen molar-refractivity contribution in [1.29, 1.82) is 0 Å². The fraction of sp³-hybridized carbons (Fsp3) is 0.133. The number of nitrogens with one attached hydrogen (secondary N) is 2. The number of benzene rings is 2. The van der Waals surface area contributed by atoms with Crippen molar-refractivity contribution in [2.75, 3.05) is 12.4 Å². The molecular formula is C15H15BrN2OS. The minimum Gasteiger partial charge on any atom is -0.497 e. The van der Waals surface area contributed by atoms with Crippen LogP contribution < -0.4 is 15.4 Å². The molecule has 0 aliphatic carbocycles. The van der Waals surface area contributed by atoms with Gasteiger partial charge in [-0.2, -0.15) is 0 Å². The van der Waals surface area contributed by atoms with Crippen LogP contribution in [0.25, 0.3) is 0 Å². The van der Waals surface area contributed by atoms with Gasteiger partial charge in [0.05, 0.1) is 12.8 Å². The molecule has 0 aliphatic heterocycles. The number of halogens is 1. The van der Waals surface area contributed by atoms with Crippen LogP contribution in [0.1, 0.15) is 5.56 Å². The van der Waals surface area contributed by atoms with Gasteiger partial charge in [0, 0.05) is 11.0 Å². The maximum absolute atomic E-state index is 5.28. The molecule has 0 heterocycles. The Kier molecular flexibility index (Phi) is 5.38. The maximum Gasteiger partial charge on any atom is 0.171 e. The van der Waals surface area contributed by atoms with Crippen molar-refractivity contribution >= 4 is 38.9 Å². The number of ether oxygens (including phenoxy) is 1. The Morgan fingerprint density at radius 3 is 2.75 bits per heavy atom. The van der Waals surface area contributed by atoms with Crippen LogP contribution in [0, 0.1) is 0 Å². The summed E-state index contributed by atoms with van der Waals surface area (Å²) in [6.45, 7) is 0.646. The molecule has 0 atom stereocenters. The number of hydrogen-bond acceptors (Lipinski definition) is 2. The minimum atomic E-state index is 0.583. The zero-order valence-corrected chi connectivity index (χ0v) is 13.4. The summed E-state index contributed by atoms with van der Waals surface area (Å²) in [5.41, 5.74) is 2.05. The molecule has 2 aromatic carbocycles. The summed E-state index contributed by atoms with van der Waals surface area (Å²) >= 11 is 8.75. The average Bonchev–Trinajstić information content (AvgIpc) is 2.48. The number of rotatable bonds is 4. The van der Waals surface area contributed by atoms with Crippen LogP contribution in [0.2, 0.25) is 0 Å². The molecule has 0 fully saturated rings. The molecule has 0 saturated heterocycles. The van der Waals surface area contributed by atoms with Crippen molar-refractivity contribution in [3.8, 4) is 5.75 Å². The Hall–Kier alpha value is -1.59. The predicted molar refractivity (Wildman–Crippen MR) is 90.2 cm³/mol. The topological polar surface area (TPSA) is 33.3 Å². The van der Waals surface area contributed by atoms with Gasteiger partial charge in [0.25, 0.3) is 0 Å². The molecule has 0 saturated carbocycles. The zero-order chi connectivity index (χ0) is 14.4. The van der Waals surface area contributed by atoms with E-state index in [0.717, 1.165) is 21.5 Å². The highest BCUT2D eigenvalue weighted by atomic mass is 79.9. The lowest BCUT2D eigenvalue weighted by Gasteiger charge is -2.12. The van der Waals surface area contributed by atoms with E-state index in [1.807, 2.05) is 48.5 Å². The summed E-state index contributed by atoms with van der Waals surface area (Å²) in [4.78, 5) is 0. The second-order valence-corrected chi connectivity index (χ2v) is 5.40. The fourth-order valence-electron chi connectivity index (χ4n) is 1.69. The van der Waals surface area contributed by atoms with Crippen molar-refractivity contribution in [3.63, 3.8) is 0 Å². The van der Waals surface area contributed by atoms with E-state index in [9.17, 15) is 0 Å². The van der Waals surface area contributed by atoms with Gasteiger partial charge in [0.2, 0.25) is 0 Å². The van der Waals surface area contributed by atoms with E-state index in [4.69, 9.17) is 17.0 Å². The van der Waals surface area contributed by atoms with Gasteiger partial charge in [-0.25, -0.2) is 0 Å². The van der Waals surface area contributed by atoms with Crippen LogP contribution in [-0.2, 0) is 6.54 Å². The van der Waals surface area contributed by atoms with E-state index in [0.29, 0.717) is 11.7 Å². The quantitative estimate of drug-likeness (QED) is 0.818. The Labute approximate surface area is 132 Å². The molecule has 0 bridgehead atoms. The highest BCUT2D eigenvalue weighted by Gasteiger charge is 2.02. The molecule has 2 aromatic rings. The predicted octanol–water partition coefficient (Wildman–Crippen LogP) is 3.94. The zero-order valence-electron chi connectivity index (χ0n) is 11.0. The van der Waals surface area contributed by atoms with Crippen LogP contribution in [-0.4, -0.2) is 12.2 Å². The molecule has 2 N–H and O–H groups in total. The fourth-order valence-corrected chi connectivity index (χ4v) is 2.26. The highest BCUT2D eigenvalue weighted by molar-refractivity contribution is 9.10. The third-order valence-electron chi connectivity index (χ3n) is 2.71. The Morgan fingerprint density at radius 2 is 2.00 bits per heavy atom. The Balaban J connectivity index is 1.90. The Bertz CT molecular complexity index is 604. The van der Waals surface area contributed by atoms with E-state index in [1.54, 1.807) is 7.11 Å². The van der Waals surface area contributed by atoms with Gasteiger partial charge in [-0.1, -0.05) is 24.3 Å². The summed E-state index contributed by atoms with van der Waals surface area (Å²) in [5, 5.41) is 6.90. The van der Waals surface area contributed by atoms with Crippen molar-refractivity contribution < 1.29 is 4.74 Å². The largest absolute Gasteiger partial charge is 0.497 e. The normalized spacial score (nSPS) is 9.90. The van der Waals surface area contributed by atoms with E-state index in [-0.39, 0.29) is 0 Å². The first-order valence-corrected chi connectivity index (χ1v) is 7.31. The minimum absolute atomic E-state index is 0.583. The SMILES string of the molecule is COc1cccc(CNC(=S)Nc2ccccc2Br)c1. The first kappa shape index (κ1) is 14.8. The monoisotopic (exact) mass is 350 g/mol. The van der Waals surface area contributed by atoms with Crippen LogP contribution in [0.3, 0.4) is 0 Å². The number of thiocarbonyl (C=S) groups is 1. The standard InChI is InChI=1S/C15H15BrN2OS/c1-19-12-6-4-5-11(9-12)10-17-15(20)18-14-8-3-2-7-13(14)16/h2-9H,10H2,1H3,(H2,17,18,20). The van der Waals surface area contributed by atoms with Crippen molar-refractivity contribution in [3.05, 3.63) is 58.6 Å². The molecule has 0 aromatic heterocycles. The van der Waals surface area contributed by atoms with Gasteiger partial charge in [-0.05, 0) is 58.0 Å². The summed E-state index contributed by atoms with van der Waals surface area (Å²) < 4.78 is 6.17. The van der Waals surface area contributed by atoms with Crippen molar-refractivity contribution in [2.45, 2.75) is 6.54 Å². The summed E-state index contributed by atoms with van der Waals surface area (Å²) in [6, 6.07) is 15.7. The summed E-state index contributed by atoms with van der Waals surface area (Å²) in [7, 11) is 1.66. The van der Waals surface area contributed by atoms with Gasteiger partial charge in [0.15, 0.2) is 5.11 Å². The van der Waals surface area contributed by atoms with Gasteiger partial charge < -0.3 is 15.4 Å². The van der Waals surface area contributed by atoms with Crippen LogP contribution in [0.15, 0.2) is 53.0 Å². The number of para-hydroxylation sites is 1. The van der Waals surface area contributed by atoms with Gasteiger partial charge >= 0.3 is 0 Å². The molecule has 0 aliphatic rings. The van der Waals surface area contributed by atoms with Crippen molar-refractivity contribution in [1.82, 2.24) is 5.32 Å². The first-order chi connectivity index (χ1) is 9.69. The van der Waals surface area contributed by atoms with E-state index >= 15 is 0 Å². The van der Waals surface area contributed by atoms with E-state index in [1.165, 1.54) is 0 Å². The molecule has 0 amide bonds. The maximum atomic E-state index is 5.28. The third kappa shape index (κ3) is 4.21.